The van der Waals surface area contributed by atoms with E-state index in [0.29, 0.717) is 19.5 Å². The van der Waals surface area contributed by atoms with Crippen molar-refractivity contribution in [3.05, 3.63) is 60.2 Å². The summed E-state index contributed by atoms with van der Waals surface area (Å²) in [6, 6.07) is 18.0. The average Bonchev–Trinajstić information content (AvgIpc) is 2.67. The van der Waals surface area contributed by atoms with Gasteiger partial charge in [-0.15, -0.1) is 0 Å². The van der Waals surface area contributed by atoms with Crippen molar-refractivity contribution in [2.45, 2.75) is 19.1 Å². The fourth-order valence-corrected chi connectivity index (χ4v) is 2.74. The molecule has 0 amide bonds. The lowest BCUT2D eigenvalue weighted by Crippen LogP contribution is -2.43. The second-order valence-corrected chi connectivity index (χ2v) is 7.64. The van der Waals surface area contributed by atoms with Crippen molar-refractivity contribution < 1.29 is 32.7 Å². The zero-order valence-corrected chi connectivity index (χ0v) is 17.4. The highest BCUT2D eigenvalue weighted by Crippen LogP contribution is 2.33. The predicted octanol–water partition coefficient (Wildman–Crippen LogP) is 1.87. The molecule has 2 atom stereocenters. The quantitative estimate of drug-likeness (QED) is 0.674. The van der Waals surface area contributed by atoms with Gasteiger partial charge in [0.1, 0.15) is 6.10 Å². The average molecular weight is 428 g/mol. The van der Waals surface area contributed by atoms with E-state index in [0.717, 1.165) is 30.2 Å². The van der Waals surface area contributed by atoms with E-state index >= 15 is 0 Å². The Balaban J connectivity index is 0.000000628. The van der Waals surface area contributed by atoms with E-state index in [9.17, 15) is 8.42 Å². The summed E-state index contributed by atoms with van der Waals surface area (Å²) < 4.78 is 43.8. The maximum absolute atomic E-state index is 9.19. The first-order chi connectivity index (χ1) is 13.4. The molecule has 2 aromatic carbocycles. The van der Waals surface area contributed by atoms with Crippen LogP contribution in [-0.4, -0.2) is 57.1 Å². The molecule has 4 N–H and O–H groups in total. The SMILES string of the molecule is CCOc1ccccc1O[C@H](c1ccccc1)[C@H]1CNCCO1.CS(=O)(=O)O.O. The number of hydrogen-bond donors (Lipinski definition) is 2. The Bertz CT molecular complexity index is 801. The molecular formula is C20H29NO7S. The van der Waals surface area contributed by atoms with Gasteiger partial charge in [-0.3, -0.25) is 4.55 Å². The number of hydrogen-bond acceptors (Lipinski definition) is 6. The van der Waals surface area contributed by atoms with Crippen molar-refractivity contribution in [1.82, 2.24) is 5.32 Å². The van der Waals surface area contributed by atoms with Crippen LogP contribution >= 0.6 is 0 Å². The molecule has 1 saturated heterocycles. The van der Waals surface area contributed by atoms with Gasteiger partial charge in [-0.1, -0.05) is 42.5 Å². The number of morpholine rings is 1. The predicted molar refractivity (Wildman–Crippen MR) is 111 cm³/mol. The van der Waals surface area contributed by atoms with Gasteiger partial charge in [0.15, 0.2) is 17.6 Å². The molecule has 3 rings (SSSR count). The van der Waals surface area contributed by atoms with Crippen molar-refractivity contribution >= 4 is 10.1 Å². The van der Waals surface area contributed by atoms with Gasteiger partial charge in [-0.05, 0) is 24.6 Å². The molecule has 0 spiro atoms. The van der Waals surface area contributed by atoms with Crippen LogP contribution in [-0.2, 0) is 14.9 Å². The number of ether oxygens (including phenoxy) is 3. The highest BCUT2D eigenvalue weighted by Gasteiger charge is 2.28. The van der Waals surface area contributed by atoms with Crippen molar-refractivity contribution in [3.63, 3.8) is 0 Å². The monoisotopic (exact) mass is 427 g/mol. The van der Waals surface area contributed by atoms with Crippen LogP contribution in [0.25, 0.3) is 0 Å². The molecule has 162 valence electrons. The molecule has 2 aromatic rings. The lowest BCUT2D eigenvalue weighted by molar-refractivity contribution is -0.0439. The number of benzene rings is 2. The third-order valence-corrected chi connectivity index (χ3v) is 3.83. The van der Waals surface area contributed by atoms with E-state index in [1.807, 2.05) is 49.4 Å². The third-order valence-electron chi connectivity index (χ3n) is 3.83. The summed E-state index contributed by atoms with van der Waals surface area (Å²) in [6.45, 7) is 4.94. The molecule has 1 aliphatic rings. The van der Waals surface area contributed by atoms with E-state index in [-0.39, 0.29) is 17.7 Å². The number of para-hydroxylation sites is 2. The van der Waals surface area contributed by atoms with E-state index in [4.69, 9.17) is 18.8 Å². The zero-order valence-electron chi connectivity index (χ0n) is 16.6. The molecule has 1 aliphatic heterocycles. The smallest absolute Gasteiger partial charge is 0.261 e. The molecule has 1 heterocycles. The minimum atomic E-state index is -3.67. The van der Waals surface area contributed by atoms with Crippen LogP contribution in [0.4, 0.5) is 0 Å². The number of rotatable bonds is 6. The molecule has 0 bridgehead atoms. The molecule has 0 saturated carbocycles. The molecule has 9 heteroatoms. The summed E-state index contributed by atoms with van der Waals surface area (Å²) in [6.07, 6.45) is 0.513. The second-order valence-electron chi connectivity index (χ2n) is 6.18. The second kappa shape index (κ2) is 12.4. The van der Waals surface area contributed by atoms with Crippen LogP contribution in [0.1, 0.15) is 18.6 Å². The molecule has 0 unspecified atom stereocenters. The van der Waals surface area contributed by atoms with Crippen molar-refractivity contribution in [1.29, 1.82) is 0 Å². The molecular weight excluding hydrogens is 398 g/mol. The van der Waals surface area contributed by atoms with Crippen molar-refractivity contribution in [2.24, 2.45) is 0 Å². The molecule has 0 aliphatic carbocycles. The maximum atomic E-state index is 9.19. The minimum absolute atomic E-state index is 0. The van der Waals surface area contributed by atoms with Gasteiger partial charge in [0.25, 0.3) is 10.1 Å². The van der Waals surface area contributed by atoms with Gasteiger partial charge < -0.3 is 25.0 Å². The Kier molecular flexibility index (Phi) is 10.6. The Morgan fingerprint density at radius 3 is 2.28 bits per heavy atom. The molecule has 0 radical (unpaired) electrons. The summed E-state index contributed by atoms with van der Waals surface area (Å²) in [4.78, 5) is 0. The largest absolute Gasteiger partial charge is 0.490 e. The van der Waals surface area contributed by atoms with Crippen LogP contribution in [0.15, 0.2) is 54.6 Å². The Hall–Kier alpha value is -2.17. The van der Waals surface area contributed by atoms with Gasteiger partial charge in [-0.2, -0.15) is 8.42 Å². The fraction of sp³-hybridized carbons (Fsp3) is 0.400. The normalized spacial score (nSPS) is 17.1. The van der Waals surface area contributed by atoms with Crippen LogP contribution in [0, 0.1) is 0 Å². The van der Waals surface area contributed by atoms with Crippen molar-refractivity contribution in [3.8, 4) is 11.5 Å². The first-order valence-corrected chi connectivity index (χ1v) is 10.9. The lowest BCUT2D eigenvalue weighted by Gasteiger charge is -2.32. The Labute approximate surface area is 171 Å². The zero-order chi connectivity index (χ0) is 20.4. The number of nitrogens with one attached hydrogen (secondary N) is 1. The highest BCUT2D eigenvalue weighted by molar-refractivity contribution is 7.85. The van der Waals surface area contributed by atoms with Crippen LogP contribution in [0.3, 0.4) is 0 Å². The van der Waals surface area contributed by atoms with Gasteiger partial charge in [0.2, 0.25) is 0 Å². The molecule has 29 heavy (non-hydrogen) atoms. The first kappa shape index (κ1) is 24.9. The molecule has 1 fully saturated rings. The summed E-state index contributed by atoms with van der Waals surface area (Å²) in [5.74, 6) is 1.51. The lowest BCUT2D eigenvalue weighted by atomic mass is 10.0. The van der Waals surface area contributed by atoms with Crippen LogP contribution in [0.5, 0.6) is 11.5 Å². The standard InChI is InChI=1S/C19H23NO3.CH4O3S.H2O/c1-2-21-16-10-6-7-11-17(16)23-19(15-8-4-3-5-9-15)18-14-20-12-13-22-18;1-5(2,3)4;/h3-11,18-20H,2,12-14H2,1H3;1H3,(H,2,3,4);1H2/t18-,19-;;/m1../s1. The highest BCUT2D eigenvalue weighted by atomic mass is 32.2. The fourth-order valence-electron chi connectivity index (χ4n) is 2.74. The van der Waals surface area contributed by atoms with Crippen molar-refractivity contribution in [2.75, 3.05) is 32.6 Å². The molecule has 0 aromatic heterocycles. The van der Waals surface area contributed by atoms with E-state index in [2.05, 4.69) is 17.4 Å². The van der Waals surface area contributed by atoms with Gasteiger partial charge in [0, 0.05) is 13.1 Å². The molecule has 8 nitrogen and oxygen atoms in total. The van der Waals surface area contributed by atoms with Gasteiger partial charge in [0.05, 0.1) is 19.5 Å². The van der Waals surface area contributed by atoms with E-state index < -0.39 is 10.1 Å². The summed E-state index contributed by atoms with van der Waals surface area (Å²) in [7, 11) is -3.67. The summed E-state index contributed by atoms with van der Waals surface area (Å²) in [5.41, 5.74) is 1.10. The summed E-state index contributed by atoms with van der Waals surface area (Å²) >= 11 is 0. The van der Waals surface area contributed by atoms with E-state index in [1.165, 1.54) is 0 Å². The topological polar surface area (TPSA) is 126 Å². The van der Waals surface area contributed by atoms with Gasteiger partial charge >= 0.3 is 0 Å². The summed E-state index contributed by atoms with van der Waals surface area (Å²) in [5, 5.41) is 3.37. The van der Waals surface area contributed by atoms with E-state index in [1.54, 1.807) is 0 Å². The Morgan fingerprint density at radius 1 is 1.14 bits per heavy atom. The van der Waals surface area contributed by atoms with Gasteiger partial charge in [-0.25, -0.2) is 0 Å². The Morgan fingerprint density at radius 2 is 1.72 bits per heavy atom. The third kappa shape index (κ3) is 9.25. The maximum Gasteiger partial charge on any atom is 0.261 e. The first-order valence-electron chi connectivity index (χ1n) is 9.06. The van der Waals surface area contributed by atoms with Crippen LogP contribution in [0.2, 0.25) is 0 Å². The minimum Gasteiger partial charge on any atom is -0.490 e. The van der Waals surface area contributed by atoms with Crippen LogP contribution < -0.4 is 14.8 Å².